The van der Waals surface area contributed by atoms with Gasteiger partial charge in [0, 0.05) is 6.07 Å². The number of hydrogen-bond acceptors (Lipinski definition) is 6. The van der Waals surface area contributed by atoms with Crippen molar-refractivity contribution in [1.29, 1.82) is 0 Å². The maximum Gasteiger partial charge on any atom is 0.283 e. The van der Waals surface area contributed by atoms with E-state index in [-0.39, 0.29) is 28.0 Å². The van der Waals surface area contributed by atoms with Crippen LogP contribution >= 0.6 is 11.6 Å². The first kappa shape index (κ1) is 13.4. The van der Waals surface area contributed by atoms with Gasteiger partial charge < -0.3 is 9.63 Å². The van der Waals surface area contributed by atoms with Crippen LogP contribution in [0.3, 0.4) is 0 Å². The average Bonchev–Trinajstić information content (AvgIpc) is 2.86. The van der Waals surface area contributed by atoms with Gasteiger partial charge in [-0.25, -0.2) is 0 Å². The fraction of sp³-hybridized carbons (Fsp3) is 0.273. The van der Waals surface area contributed by atoms with Crippen LogP contribution in [0.1, 0.15) is 25.3 Å². The molecule has 0 aliphatic carbocycles. The number of aromatic nitrogens is 2. The molecule has 0 fully saturated rings. The van der Waals surface area contributed by atoms with Gasteiger partial charge in [0.05, 0.1) is 9.95 Å². The molecular weight excluding hydrogens is 274 g/mol. The summed E-state index contributed by atoms with van der Waals surface area (Å²) >= 11 is 5.94. The minimum atomic E-state index is -0.876. The summed E-state index contributed by atoms with van der Waals surface area (Å²) in [7, 11) is 0. The number of nitrogens with zero attached hydrogens (tertiary/aromatic N) is 3. The zero-order valence-corrected chi connectivity index (χ0v) is 10.7. The molecule has 0 aliphatic heterocycles. The zero-order valence-electron chi connectivity index (χ0n) is 9.91. The van der Waals surface area contributed by atoms with Crippen molar-refractivity contribution < 1.29 is 14.6 Å². The lowest BCUT2D eigenvalue weighted by molar-refractivity contribution is -0.384. The Balaban J connectivity index is 2.53. The lowest BCUT2D eigenvalue weighted by Gasteiger charge is -2.00. The average molecular weight is 284 g/mol. The molecule has 1 aromatic carbocycles. The first-order valence-corrected chi connectivity index (χ1v) is 5.87. The van der Waals surface area contributed by atoms with Crippen LogP contribution < -0.4 is 0 Å². The van der Waals surface area contributed by atoms with Crippen molar-refractivity contribution in [1.82, 2.24) is 10.1 Å². The summed E-state index contributed by atoms with van der Waals surface area (Å²) in [5.41, 5.74) is -0.176. The summed E-state index contributed by atoms with van der Waals surface area (Å²) in [6.07, 6.45) is -0.470. The van der Waals surface area contributed by atoms with E-state index in [1.165, 1.54) is 18.2 Å². The molecule has 2 rings (SSSR count). The zero-order chi connectivity index (χ0) is 14.0. The smallest absolute Gasteiger partial charge is 0.283 e. The van der Waals surface area contributed by atoms with Crippen LogP contribution in [-0.4, -0.2) is 20.2 Å². The largest absolute Gasteiger partial charge is 0.385 e. The molecule has 1 N–H and O–H groups in total. The van der Waals surface area contributed by atoms with Crippen molar-refractivity contribution in [2.45, 2.75) is 19.4 Å². The normalized spacial score (nSPS) is 12.4. The molecule has 8 heteroatoms. The molecular formula is C11H10ClN3O4. The van der Waals surface area contributed by atoms with E-state index in [9.17, 15) is 15.2 Å². The van der Waals surface area contributed by atoms with E-state index in [4.69, 9.17) is 16.1 Å². The molecule has 1 aromatic heterocycles. The van der Waals surface area contributed by atoms with Gasteiger partial charge in [0.2, 0.25) is 5.82 Å². The van der Waals surface area contributed by atoms with E-state index in [1.807, 2.05) is 0 Å². The third-order valence-electron chi connectivity index (χ3n) is 2.53. The molecule has 0 amide bonds. The van der Waals surface area contributed by atoms with E-state index in [0.29, 0.717) is 6.42 Å². The molecule has 0 saturated heterocycles. The van der Waals surface area contributed by atoms with E-state index in [1.54, 1.807) is 6.92 Å². The van der Waals surface area contributed by atoms with Crippen molar-refractivity contribution in [3.05, 3.63) is 39.2 Å². The highest BCUT2D eigenvalue weighted by Crippen LogP contribution is 2.35. The van der Waals surface area contributed by atoms with Gasteiger partial charge in [-0.15, -0.1) is 0 Å². The van der Waals surface area contributed by atoms with Crippen LogP contribution in [0.5, 0.6) is 0 Å². The Bertz CT molecular complexity index is 614. The molecule has 100 valence electrons. The van der Waals surface area contributed by atoms with Gasteiger partial charge in [-0.05, 0) is 12.5 Å². The van der Waals surface area contributed by atoms with Gasteiger partial charge in [0.25, 0.3) is 11.6 Å². The Hall–Kier alpha value is -1.99. The molecule has 0 radical (unpaired) electrons. The Kier molecular flexibility index (Phi) is 3.77. The summed E-state index contributed by atoms with van der Waals surface area (Å²) in [5, 5.41) is 24.3. The third-order valence-corrected chi connectivity index (χ3v) is 2.84. The highest BCUT2D eigenvalue weighted by Gasteiger charge is 2.24. The van der Waals surface area contributed by atoms with Gasteiger partial charge in [-0.1, -0.05) is 29.7 Å². The van der Waals surface area contributed by atoms with Crippen molar-refractivity contribution in [2.75, 3.05) is 0 Å². The number of aliphatic hydroxyl groups excluding tert-OH is 1. The summed E-state index contributed by atoms with van der Waals surface area (Å²) < 4.78 is 4.94. The number of aliphatic hydroxyl groups is 1. The molecule has 0 spiro atoms. The van der Waals surface area contributed by atoms with Crippen LogP contribution in [0.4, 0.5) is 5.69 Å². The molecule has 1 unspecified atom stereocenters. The molecule has 0 bridgehead atoms. The minimum Gasteiger partial charge on any atom is -0.385 e. The summed E-state index contributed by atoms with van der Waals surface area (Å²) in [6, 6.07) is 4.24. The first-order valence-electron chi connectivity index (χ1n) is 5.49. The SMILES string of the molecule is CCC(O)c1noc(-c2c(Cl)cccc2[N+](=O)[O-])n1. The number of hydrogen-bond donors (Lipinski definition) is 1. The van der Waals surface area contributed by atoms with Crippen LogP contribution in [0.15, 0.2) is 22.7 Å². The van der Waals surface area contributed by atoms with Crippen LogP contribution in [0.25, 0.3) is 11.5 Å². The number of halogens is 1. The van der Waals surface area contributed by atoms with Crippen LogP contribution in [0, 0.1) is 10.1 Å². The molecule has 0 aliphatic rings. The second-order valence-corrected chi connectivity index (χ2v) is 4.18. The predicted molar refractivity (Wildman–Crippen MR) is 66.6 cm³/mol. The molecule has 7 nitrogen and oxygen atoms in total. The molecule has 1 atom stereocenters. The Morgan fingerprint density at radius 1 is 1.58 bits per heavy atom. The predicted octanol–water partition coefficient (Wildman–Crippen LogP) is 2.74. The van der Waals surface area contributed by atoms with Crippen molar-refractivity contribution in [3.8, 4) is 11.5 Å². The van der Waals surface area contributed by atoms with E-state index >= 15 is 0 Å². The Morgan fingerprint density at radius 2 is 2.32 bits per heavy atom. The maximum absolute atomic E-state index is 11.0. The van der Waals surface area contributed by atoms with Gasteiger partial charge in [0.1, 0.15) is 11.7 Å². The Morgan fingerprint density at radius 3 is 2.95 bits per heavy atom. The number of nitro groups is 1. The molecule has 2 aromatic rings. The van der Waals surface area contributed by atoms with Gasteiger partial charge >= 0.3 is 0 Å². The fourth-order valence-electron chi connectivity index (χ4n) is 1.53. The van der Waals surface area contributed by atoms with Crippen LogP contribution in [-0.2, 0) is 0 Å². The summed E-state index contributed by atoms with van der Waals surface area (Å²) in [5.74, 6) is -0.00785. The Labute approximate surface area is 113 Å². The molecule has 1 heterocycles. The van der Waals surface area contributed by atoms with Crippen molar-refractivity contribution in [2.24, 2.45) is 0 Å². The summed E-state index contributed by atoms with van der Waals surface area (Å²) in [4.78, 5) is 14.3. The van der Waals surface area contributed by atoms with Gasteiger partial charge in [-0.2, -0.15) is 4.98 Å². The highest BCUT2D eigenvalue weighted by atomic mass is 35.5. The van der Waals surface area contributed by atoms with Crippen LogP contribution in [0.2, 0.25) is 5.02 Å². The van der Waals surface area contributed by atoms with Crippen molar-refractivity contribution in [3.63, 3.8) is 0 Å². The number of nitro benzene ring substituents is 1. The number of rotatable bonds is 4. The molecule has 0 saturated carbocycles. The first-order chi connectivity index (χ1) is 9.04. The van der Waals surface area contributed by atoms with E-state index < -0.39 is 11.0 Å². The molecule has 19 heavy (non-hydrogen) atoms. The lowest BCUT2D eigenvalue weighted by atomic mass is 10.2. The lowest BCUT2D eigenvalue weighted by Crippen LogP contribution is -1.98. The second-order valence-electron chi connectivity index (χ2n) is 3.77. The highest BCUT2D eigenvalue weighted by molar-refractivity contribution is 6.33. The quantitative estimate of drug-likeness (QED) is 0.683. The van der Waals surface area contributed by atoms with Gasteiger partial charge in [0.15, 0.2) is 0 Å². The summed E-state index contributed by atoms with van der Waals surface area (Å²) in [6.45, 7) is 1.75. The second kappa shape index (κ2) is 5.33. The standard InChI is InChI=1S/C11H10ClN3O4/c1-2-8(16)10-13-11(19-14-10)9-6(12)4-3-5-7(9)15(17)18/h3-5,8,16H,2H2,1H3. The van der Waals surface area contributed by atoms with Gasteiger partial charge in [-0.3, -0.25) is 10.1 Å². The van der Waals surface area contributed by atoms with E-state index in [0.717, 1.165) is 0 Å². The fourth-order valence-corrected chi connectivity index (χ4v) is 1.78. The van der Waals surface area contributed by atoms with Crippen molar-refractivity contribution >= 4 is 17.3 Å². The van der Waals surface area contributed by atoms with E-state index in [2.05, 4.69) is 10.1 Å². The number of benzene rings is 1. The maximum atomic E-state index is 11.0. The third kappa shape index (κ3) is 2.56. The minimum absolute atomic E-state index is 0.0521. The monoisotopic (exact) mass is 283 g/mol. The topological polar surface area (TPSA) is 102 Å².